The first-order chi connectivity index (χ1) is 13.0. The molecule has 7 heteroatoms. The molecule has 140 valence electrons. The quantitative estimate of drug-likeness (QED) is 0.690. The number of hydrogen-bond donors (Lipinski definition) is 1. The van der Waals surface area contributed by atoms with E-state index in [1.807, 2.05) is 31.2 Å². The molecule has 0 bridgehead atoms. The zero-order valence-electron chi connectivity index (χ0n) is 15.4. The van der Waals surface area contributed by atoms with Crippen molar-refractivity contribution in [3.05, 3.63) is 60.0 Å². The topological polar surface area (TPSA) is 86.5 Å². The molecule has 0 fully saturated rings. The van der Waals surface area contributed by atoms with Crippen molar-refractivity contribution >= 4 is 5.91 Å². The van der Waals surface area contributed by atoms with Crippen molar-refractivity contribution in [2.45, 2.75) is 26.5 Å². The molecular weight excluding hydrogens is 346 g/mol. The molecule has 0 spiro atoms. The molecular formula is C20H21N3O4. The van der Waals surface area contributed by atoms with Crippen LogP contribution < -0.4 is 14.8 Å². The van der Waals surface area contributed by atoms with Crippen molar-refractivity contribution in [1.82, 2.24) is 15.5 Å². The average molecular weight is 367 g/mol. The van der Waals surface area contributed by atoms with Gasteiger partial charge >= 0.3 is 0 Å². The highest BCUT2D eigenvalue weighted by atomic mass is 16.5. The van der Waals surface area contributed by atoms with Crippen LogP contribution in [0, 0.1) is 6.92 Å². The van der Waals surface area contributed by atoms with Gasteiger partial charge in [0.05, 0.1) is 13.7 Å². The second-order valence-electron chi connectivity index (χ2n) is 6.03. The Morgan fingerprint density at radius 3 is 2.44 bits per heavy atom. The molecule has 1 heterocycles. The van der Waals surface area contributed by atoms with E-state index >= 15 is 0 Å². The summed E-state index contributed by atoms with van der Waals surface area (Å²) in [6.45, 7) is 3.81. The lowest BCUT2D eigenvalue weighted by Gasteiger charge is -2.14. The summed E-state index contributed by atoms with van der Waals surface area (Å²) in [6.07, 6.45) is -0.669. The lowest BCUT2D eigenvalue weighted by atomic mass is 10.1. The Morgan fingerprint density at radius 1 is 1.11 bits per heavy atom. The molecule has 1 aromatic heterocycles. The minimum atomic E-state index is -0.669. The van der Waals surface area contributed by atoms with Crippen molar-refractivity contribution < 1.29 is 18.8 Å². The van der Waals surface area contributed by atoms with Gasteiger partial charge in [0.15, 0.2) is 6.10 Å². The number of carbonyl (C=O) groups excluding carboxylic acids is 1. The lowest BCUT2D eigenvalue weighted by molar-refractivity contribution is -0.127. The molecule has 0 saturated heterocycles. The maximum absolute atomic E-state index is 12.2. The predicted molar refractivity (Wildman–Crippen MR) is 99.4 cm³/mol. The number of hydrogen-bond acceptors (Lipinski definition) is 6. The fourth-order valence-electron chi connectivity index (χ4n) is 2.36. The Morgan fingerprint density at radius 2 is 1.78 bits per heavy atom. The molecule has 7 nitrogen and oxygen atoms in total. The summed E-state index contributed by atoms with van der Waals surface area (Å²) in [6, 6.07) is 14.8. The van der Waals surface area contributed by atoms with Gasteiger partial charge in [-0.3, -0.25) is 4.79 Å². The Balaban J connectivity index is 1.53. The lowest BCUT2D eigenvalue weighted by Crippen LogP contribution is -2.35. The molecule has 1 atom stereocenters. The third-order valence-electron chi connectivity index (χ3n) is 3.93. The van der Waals surface area contributed by atoms with Gasteiger partial charge in [-0.05, 0) is 38.1 Å². The van der Waals surface area contributed by atoms with Crippen LogP contribution in [0.25, 0.3) is 11.4 Å². The third-order valence-corrected chi connectivity index (χ3v) is 3.93. The van der Waals surface area contributed by atoms with E-state index in [1.165, 1.54) is 0 Å². The van der Waals surface area contributed by atoms with Crippen molar-refractivity contribution in [3.8, 4) is 22.9 Å². The molecule has 1 N–H and O–H groups in total. The van der Waals surface area contributed by atoms with E-state index in [2.05, 4.69) is 15.5 Å². The number of nitrogens with one attached hydrogen (secondary N) is 1. The fourth-order valence-corrected chi connectivity index (χ4v) is 2.36. The number of rotatable bonds is 7. The van der Waals surface area contributed by atoms with Crippen LogP contribution in [0.2, 0.25) is 0 Å². The van der Waals surface area contributed by atoms with E-state index in [4.69, 9.17) is 14.0 Å². The van der Waals surface area contributed by atoms with Crippen LogP contribution >= 0.6 is 0 Å². The van der Waals surface area contributed by atoms with Gasteiger partial charge < -0.3 is 19.3 Å². The number of nitrogens with zero attached hydrogens (tertiary/aromatic N) is 2. The summed E-state index contributed by atoms with van der Waals surface area (Å²) in [4.78, 5) is 16.5. The standard InChI is InChI=1S/C20H21N3O4/c1-13-4-6-15(7-5-13)19-22-18(27-23-19)12-21-20(24)14(2)26-17-10-8-16(25-3)9-11-17/h4-11,14H,12H2,1-3H3,(H,21,24). The molecule has 1 unspecified atom stereocenters. The van der Waals surface area contributed by atoms with Crippen LogP contribution in [0.5, 0.6) is 11.5 Å². The van der Waals surface area contributed by atoms with Crippen LogP contribution in [0.15, 0.2) is 53.1 Å². The first-order valence-corrected chi connectivity index (χ1v) is 8.53. The summed E-state index contributed by atoms with van der Waals surface area (Å²) in [5.41, 5.74) is 2.01. The Bertz CT molecular complexity index is 888. The molecule has 0 radical (unpaired) electrons. The van der Waals surface area contributed by atoms with Gasteiger partial charge in [0.2, 0.25) is 11.7 Å². The number of benzene rings is 2. The van der Waals surface area contributed by atoms with E-state index in [-0.39, 0.29) is 12.5 Å². The normalized spacial score (nSPS) is 11.7. The third kappa shape index (κ3) is 4.84. The summed E-state index contributed by atoms with van der Waals surface area (Å²) >= 11 is 0. The summed E-state index contributed by atoms with van der Waals surface area (Å²) < 4.78 is 15.9. The van der Waals surface area contributed by atoms with Gasteiger partial charge in [-0.1, -0.05) is 35.0 Å². The largest absolute Gasteiger partial charge is 0.497 e. The van der Waals surface area contributed by atoms with Crippen LogP contribution in [-0.2, 0) is 11.3 Å². The first-order valence-electron chi connectivity index (χ1n) is 8.53. The number of aryl methyl sites for hydroxylation is 1. The zero-order chi connectivity index (χ0) is 19.2. The van der Waals surface area contributed by atoms with Crippen LogP contribution in [0.1, 0.15) is 18.4 Å². The smallest absolute Gasteiger partial charge is 0.261 e. The minimum absolute atomic E-state index is 0.133. The van der Waals surface area contributed by atoms with Gasteiger partial charge in [0, 0.05) is 5.56 Å². The highest BCUT2D eigenvalue weighted by Crippen LogP contribution is 2.18. The monoisotopic (exact) mass is 367 g/mol. The molecule has 3 rings (SSSR count). The van der Waals surface area contributed by atoms with E-state index in [9.17, 15) is 4.79 Å². The van der Waals surface area contributed by atoms with Gasteiger partial charge in [-0.25, -0.2) is 0 Å². The summed E-state index contributed by atoms with van der Waals surface area (Å²) in [7, 11) is 1.59. The van der Waals surface area contributed by atoms with Gasteiger partial charge in [-0.15, -0.1) is 0 Å². The van der Waals surface area contributed by atoms with Crippen molar-refractivity contribution in [3.63, 3.8) is 0 Å². The molecule has 0 aliphatic carbocycles. The number of aromatic nitrogens is 2. The minimum Gasteiger partial charge on any atom is -0.497 e. The van der Waals surface area contributed by atoms with E-state index in [1.54, 1.807) is 38.3 Å². The summed E-state index contributed by atoms with van der Waals surface area (Å²) in [5, 5.41) is 6.67. The zero-order valence-corrected chi connectivity index (χ0v) is 15.4. The molecule has 3 aromatic rings. The number of amides is 1. The van der Waals surface area contributed by atoms with Crippen LogP contribution in [0.4, 0.5) is 0 Å². The van der Waals surface area contributed by atoms with Gasteiger partial charge in [-0.2, -0.15) is 4.98 Å². The molecule has 0 aliphatic rings. The van der Waals surface area contributed by atoms with Crippen LogP contribution in [-0.4, -0.2) is 29.3 Å². The van der Waals surface area contributed by atoms with Gasteiger partial charge in [0.25, 0.3) is 5.91 Å². The van der Waals surface area contributed by atoms with Crippen molar-refractivity contribution in [1.29, 1.82) is 0 Å². The van der Waals surface area contributed by atoms with Crippen molar-refractivity contribution in [2.75, 3.05) is 7.11 Å². The fraction of sp³-hybridized carbons (Fsp3) is 0.250. The molecule has 0 aliphatic heterocycles. The maximum Gasteiger partial charge on any atom is 0.261 e. The highest BCUT2D eigenvalue weighted by molar-refractivity contribution is 5.80. The first kappa shape index (κ1) is 18.4. The molecule has 27 heavy (non-hydrogen) atoms. The van der Waals surface area contributed by atoms with Crippen LogP contribution in [0.3, 0.4) is 0 Å². The average Bonchev–Trinajstić information content (AvgIpc) is 3.16. The second kappa shape index (κ2) is 8.35. The van der Waals surface area contributed by atoms with Gasteiger partial charge in [0.1, 0.15) is 11.5 Å². The Labute approximate surface area is 157 Å². The molecule has 2 aromatic carbocycles. The number of carbonyl (C=O) groups is 1. The predicted octanol–water partition coefficient (Wildman–Crippen LogP) is 3.14. The Hall–Kier alpha value is -3.35. The number of ether oxygens (including phenoxy) is 2. The summed E-state index contributed by atoms with van der Waals surface area (Å²) in [5.74, 6) is 1.84. The maximum atomic E-state index is 12.2. The second-order valence-corrected chi connectivity index (χ2v) is 6.03. The Kier molecular flexibility index (Phi) is 5.71. The van der Waals surface area contributed by atoms with E-state index < -0.39 is 6.10 Å². The number of methoxy groups -OCH3 is 1. The molecule has 0 saturated carbocycles. The van der Waals surface area contributed by atoms with Crippen molar-refractivity contribution in [2.24, 2.45) is 0 Å². The SMILES string of the molecule is COc1ccc(OC(C)C(=O)NCc2nc(-c3ccc(C)cc3)no2)cc1. The van der Waals surface area contributed by atoms with E-state index in [0.29, 0.717) is 17.5 Å². The van der Waals surface area contributed by atoms with E-state index in [0.717, 1.165) is 16.9 Å². The highest BCUT2D eigenvalue weighted by Gasteiger charge is 2.16. The molecule has 1 amide bonds.